The van der Waals surface area contributed by atoms with Crippen LogP contribution in [0.5, 0.6) is 0 Å². The standard InChI is InChI=1S/C5H14NO4P.ClH.Na/c1-6(2,3)4-5-10-11(7,8)9;;/h4-5H2,1-3H3,(H-,7,8,9);1H;/q;;+1/p+1. The molecule has 0 fully saturated rings. The van der Waals surface area contributed by atoms with Crippen molar-refractivity contribution in [3.63, 3.8) is 0 Å². The molecule has 0 atom stereocenters. The average molecular weight is 244 g/mol. The molecule has 0 aromatic rings. The molecule has 0 saturated heterocycles. The predicted molar refractivity (Wildman–Crippen MR) is 48.1 cm³/mol. The fourth-order valence-corrected chi connectivity index (χ4v) is 0.753. The first-order valence-electron chi connectivity index (χ1n) is 3.21. The number of quaternary nitrogens is 1. The van der Waals surface area contributed by atoms with E-state index in [1.807, 2.05) is 21.1 Å². The number of halogens is 1. The maximum Gasteiger partial charge on any atom is 1.00 e. The zero-order chi connectivity index (χ0) is 9.12. The molecular weight excluding hydrogens is 227 g/mol. The third-order valence-electron chi connectivity index (χ3n) is 1.02. The van der Waals surface area contributed by atoms with Crippen molar-refractivity contribution in [3.05, 3.63) is 0 Å². The minimum absolute atomic E-state index is 0. The largest absolute Gasteiger partial charge is 1.00 e. The summed E-state index contributed by atoms with van der Waals surface area (Å²) in [6.45, 7) is 0.652. The summed E-state index contributed by atoms with van der Waals surface area (Å²) in [6, 6.07) is 0. The van der Waals surface area contributed by atoms with Gasteiger partial charge in [-0.05, 0) is 0 Å². The number of likely N-dealkylation sites (N-methyl/N-ethyl adjacent to an activating group) is 1. The molecule has 0 aliphatic carbocycles. The van der Waals surface area contributed by atoms with Crippen LogP contribution in [0.1, 0.15) is 0 Å². The molecule has 76 valence electrons. The molecule has 0 spiro atoms. The molecule has 0 amide bonds. The Morgan fingerprint density at radius 3 is 1.92 bits per heavy atom. The molecule has 8 heteroatoms. The second kappa shape index (κ2) is 7.63. The van der Waals surface area contributed by atoms with Crippen LogP contribution in [0.4, 0.5) is 0 Å². The predicted octanol–water partition coefficient (Wildman–Crippen LogP) is -2.77. The maximum absolute atomic E-state index is 10.2. The van der Waals surface area contributed by atoms with Crippen LogP contribution < -0.4 is 29.6 Å². The van der Waals surface area contributed by atoms with Gasteiger partial charge in [-0.1, -0.05) is 0 Å². The number of phosphoric acid groups is 1. The molecule has 5 nitrogen and oxygen atoms in total. The van der Waals surface area contributed by atoms with E-state index in [1.165, 1.54) is 0 Å². The molecule has 0 saturated carbocycles. The summed E-state index contributed by atoms with van der Waals surface area (Å²) in [4.78, 5) is 16.6. The molecule has 0 unspecified atom stereocenters. The normalized spacial score (nSPS) is 11.5. The second-order valence-electron chi connectivity index (χ2n) is 3.34. The van der Waals surface area contributed by atoms with Crippen molar-refractivity contribution in [1.29, 1.82) is 0 Å². The minimum atomic E-state index is -4.26. The summed E-state index contributed by atoms with van der Waals surface area (Å²) in [6.07, 6.45) is 0. The second-order valence-corrected chi connectivity index (χ2v) is 4.58. The van der Waals surface area contributed by atoms with Crippen molar-refractivity contribution in [2.75, 3.05) is 34.3 Å². The number of rotatable bonds is 4. The fourth-order valence-electron chi connectivity index (χ4n) is 0.434. The average Bonchev–Trinajstić information content (AvgIpc) is 1.55. The van der Waals surface area contributed by atoms with Crippen molar-refractivity contribution in [1.82, 2.24) is 0 Å². The topological polar surface area (TPSA) is 66.8 Å². The molecule has 0 aliphatic heterocycles. The Hall–Kier alpha value is 1.36. The van der Waals surface area contributed by atoms with Crippen LogP contribution in [0, 0.1) is 0 Å². The van der Waals surface area contributed by atoms with Gasteiger partial charge in [0.2, 0.25) is 0 Å². The van der Waals surface area contributed by atoms with Crippen LogP contribution in [0.25, 0.3) is 0 Å². The van der Waals surface area contributed by atoms with Gasteiger partial charge in [-0.3, -0.25) is 4.52 Å². The molecule has 0 rings (SSSR count). The molecule has 0 aromatic heterocycles. The van der Waals surface area contributed by atoms with E-state index in [9.17, 15) is 4.57 Å². The summed E-state index contributed by atoms with van der Waals surface area (Å²) < 4.78 is 15.1. The Kier molecular flexibility index (Phi) is 11.7. The number of phosphoric ester groups is 1. The van der Waals surface area contributed by atoms with Crippen molar-refractivity contribution < 1.29 is 52.9 Å². The van der Waals surface area contributed by atoms with Crippen molar-refractivity contribution in [2.24, 2.45) is 0 Å². The third-order valence-corrected chi connectivity index (χ3v) is 1.54. The van der Waals surface area contributed by atoms with Gasteiger partial charge >= 0.3 is 37.4 Å². The van der Waals surface area contributed by atoms with Gasteiger partial charge in [-0.2, -0.15) is 0 Å². The summed E-state index contributed by atoms with van der Waals surface area (Å²) >= 11 is 0. The Morgan fingerprint density at radius 2 is 1.69 bits per heavy atom. The van der Waals surface area contributed by atoms with Gasteiger partial charge in [0.25, 0.3) is 0 Å². The molecule has 0 radical (unpaired) electrons. The van der Waals surface area contributed by atoms with Gasteiger partial charge in [0.1, 0.15) is 13.2 Å². The van der Waals surface area contributed by atoms with Gasteiger partial charge in [-0.25, -0.2) is 4.57 Å². The smallest absolute Gasteiger partial charge is 0.329 e. The molecule has 0 bridgehead atoms. The van der Waals surface area contributed by atoms with Gasteiger partial charge in [0.15, 0.2) is 0 Å². The molecular formula is C5H16ClNNaO4P+2. The Labute approximate surface area is 107 Å². The van der Waals surface area contributed by atoms with E-state index in [4.69, 9.17) is 9.79 Å². The van der Waals surface area contributed by atoms with E-state index in [0.717, 1.165) is 0 Å². The van der Waals surface area contributed by atoms with Crippen LogP contribution in [-0.2, 0) is 9.09 Å². The van der Waals surface area contributed by atoms with Crippen LogP contribution in [0.15, 0.2) is 0 Å². The van der Waals surface area contributed by atoms with Gasteiger partial charge in [-0.15, -0.1) is 12.4 Å². The Morgan fingerprint density at radius 1 is 1.31 bits per heavy atom. The van der Waals surface area contributed by atoms with E-state index in [-0.39, 0.29) is 48.6 Å². The first-order valence-corrected chi connectivity index (χ1v) is 4.74. The van der Waals surface area contributed by atoms with E-state index in [1.54, 1.807) is 0 Å². The molecule has 0 aliphatic rings. The maximum atomic E-state index is 10.2. The van der Waals surface area contributed by atoms with E-state index in [2.05, 4.69) is 4.52 Å². The van der Waals surface area contributed by atoms with Crippen LogP contribution in [0.3, 0.4) is 0 Å². The molecule has 0 heterocycles. The van der Waals surface area contributed by atoms with Crippen molar-refractivity contribution in [3.8, 4) is 0 Å². The van der Waals surface area contributed by atoms with Crippen LogP contribution >= 0.6 is 20.2 Å². The van der Waals surface area contributed by atoms with E-state index < -0.39 is 7.82 Å². The summed E-state index contributed by atoms with van der Waals surface area (Å²) in [5.41, 5.74) is 0. The molecule has 13 heavy (non-hydrogen) atoms. The first-order chi connectivity index (χ1) is 4.71. The summed E-state index contributed by atoms with van der Waals surface area (Å²) in [5, 5.41) is 0. The zero-order valence-corrected chi connectivity index (χ0v) is 12.1. The van der Waals surface area contributed by atoms with Crippen LogP contribution in [0.2, 0.25) is 0 Å². The number of nitrogens with zero attached hydrogens (tertiary/aromatic N) is 1. The van der Waals surface area contributed by atoms with E-state index >= 15 is 0 Å². The monoisotopic (exact) mass is 243 g/mol. The SMILES string of the molecule is C[N+](C)(C)CCOP(=O)(O)O.Cl.[Na+]. The Balaban J connectivity index is -0.000000500. The summed E-state index contributed by atoms with van der Waals surface area (Å²) in [7, 11) is 1.50. The third kappa shape index (κ3) is 19.7. The quantitative estimate of drug-likeness (QED) is 0.319. The first kappa shape index (κ1) is 19.9. The van der Waals surface area contributed by atoms with E-state index in [0.29, 0.717) is 11.0 Å². The van der Waals surface area contributed by atoms with Gasteiger partial charge < -0.3 is 14.3 Å². The minimum Gasteiger partial charge on any atom is -0.329 e. The Bertz CT molecular complexity index is 168. The van der Waals surface area contributed by atoms with Crippen molar-refractivity contribution in [2.45, 2.75) is 0 Å². The number of hydrogen-bond donors (Lipinski definition) is 2. The van der Waals surface area contributed by atoms with Gasteiger partial charge in [0, 0.05) is 0 Å². The zero-order valence-electron chi connectivity index (χ0n) is 8.43. The summed E-state index contributed by atoms with van der Waals surface area (Å²) in [5.74, 6) is 0. The van der Waals surface area contributed by atoms with Crippen molar-refractivity contribution >= 4 is 20.2 Å². The molecule has 2 N–H and O–H groups in total. The molecule has 0 aromatic carbocycles. The van der Waals surface area contributed by atoms with Gasteiger partial charge in [0.05, 0.1) is 21.1 Å². The van der Waals surface area contributed by atoms with Crippen LogP contribution in [-0.4, -0.2) is 48.6 Å². The fraction of sp³-hybridized carbons (Fsp3) is 1.00. The number of hydrogen-bond acceptors (Lipinski definition) is 2.